The number of nitrogens with zero attached hydrogens (tertiary/aromatic N) is 1. The Morgan fingerprint density at radius 3 is 2.90 bits per heavy atom. The van der Waals surface area contributed by atoms with Crippen molar-refractivity contribution in [2.24, 2.45) is 0 Å². The maximum atomic E-state index is 8.86. The van der Waals surface area contributed by atoms with Gasteiger partial charge in [-0.05, 0) is 0 Å². The quantitative estimate of drug-likeness (QED) is 0.651. The third-order valence-corrected chi connectivity index (χ3v) is 1.35. The molecule has 1 rings (SSSR count). The molecule has 10 heavy (non-hydrogen) atoms. The number of anilines is 1. The van der Waals surface area contributed by atoms with Gasteiger partial charge in [0, 0.05) is 13.1 Å². The molecule has 1 aromatic rings. The van der Waals surface area contributed by atoms with Crippen molar-refractivity contribution < 1.29 is 5.11 Å². The van der Waals surface area contributed by atoms with Crippen molar-refractivity contribution in [3.05, 3.63) is 17.3 Å². The zero-order valence-corrected chi connectivity index (χ0v) is 6.18. The van der Waals surface area contributed by atoms with Gasteiger partial charge < -0.3 is 10.4 Å². The van der Waals surface area contributed by atoms with E-state index in [-0.39, 0.29) is 5.75 Å². The van der Waals surface area contributed by atoms with E-state index in [1.807, 2.05) is 0 Å². The van der Waals surface area contributed by atoms with Gasteiger partial charge in [0.05, 0.1) is 11.2 Å². The van der Waals surface area contributed by atoms with Gasteiger partial charge >= 0.3 is 0 Å². The lowest BCUT2D eigenvalue weighted by atomic mass is 10.4. The number of hydrogen-bond acceptors (Lipinski definition) is 3. The van der Waals surface area contributed by atoms with Gasteiger partial charge in [0.2, 0.25) is 0 Å². The van der Waals surface area contributed by atoms with E-state index < -0.39 is 0 Å². The predicted molar refractivity (Wildman–Crippen MR) is 40.5 cm³/mol. The van der Waals surface area contributed by atoms with Crippen LogP contribution < -0.4 is 5.32 Å². The molecular formula is C6H7ClN2O. The highest BCUT2D eigenvalue weighted by molar-refractivity contribution is 6.33. The summed E-state index contributed by atoms with van der Waals surface area (Å²) >= 11 is 5.64. The number of hydrogen-bond donors (Lipinski definition) is 2. The van der Waals surface area contributed by atoms with E-state index in [1.54, 1.807) is 7.05 Å². The Bertz CT molecular complexity index is 239. The second-order valence-corrected chi connectivity index (χ2v) is 2.18. The average Bonchev–Trinajstić information content (AvgIpc) is 1.88. The molecule has 2 N–H and O–H groups in total. The maximum absolute atomic E-state index is 8.86. The van der Waals surface area contributed by atoms with Gasteiger partial charge in [0.25, 0.3) is 0 Å². The smallest absolute Gasteiger partial charge is 0.144 e. The van der Waals surface area contributed by atoms with Crippen LogP contribution >= 0.6 is 11.6 Å². The highest BCUT2D eigenvalue weighted by Gasteiger charge is 1.98. The molecule has 4 heteroatoms. The van der Waals surface area contributed by atoms with Crippen LogP contribution in [0.15, 0.2) is 12.3 Å². The molecule has 3 nitrogen and oxygen atoms in total. The van der Waals surface area contributed by atoms with Crippen molar-refractivity contribution in [3.8, 4) is 5.75 Å². The molecule has 0 fully saturated rings. The minimum absolute atomic E-state index is 0.0731. The molecule has 0 atom stereocenters. The van der Waals surface area contributed by atoms with Gasteiger partial charge in [-0.15, -0.1) is 0 Å². The van der Waals surface area contributed by atoms with E-state index in [0.29, 0.717) is 10.8 Å². The molecule has 1 heterocycles. The molecule has 0 aliphatic carbocycles. The summed E-state index contributed by atoms with van der Waals surface area (Å²) in [5.74, 6) is 0.642. The van der Waals surface area contributed by atoms with Crippen molar-refractivity contribution >= 4 is 17.4 Å². The fourth-order valence-electron chi connectivity index (χ4n) is 0.612. The van der Waals surface area contributed by atoms with Gasteiger partial charge in [0.1, 0.15) is 11.6 Å². The number of aromatic nitrogens is 1. The van der Waals surface area contributed by atoms with Crippen LogP contribution in [0.3, 0.4) is 0 Å². The zero-order chi connectivity index (χ0) is 7.56. The lowest BCUT2D eigenvalue weighted by Gasteiger charge is -2.00. The van der Waals surface area contributed by atoms with E-state index in [0.717, 1.165) is 0 Å². The first-order valence-corrected chi connectivity index (χ1v) is 3.14. The third-order valence-electron chi connectivity index (χ3n) is 1.06. The first-order valence-electron chi connectivity index (χ1n) is 2.76. The Morgan fingerprint density at radius 1 is 1.70 bits per heavy atom. The molecule has 0 aliphatic rings. The summed E-state index contributed by atoms with van der Waals surface area (Å²) in [4.78, 5) is 3.80. The number of halogens is 1. The van der Waals surface area contributed by atoms with Crippen LogP contribution in [0.1, 0.15) is 0 Å². The first-order chi connectivity index (χ1) is 4.74. The number of nitrogens with one attached hydrogen (secondary N) is 1. The maximum Gasteiger partial charge on any atom is 0.144 e. The zero-order valence-electron chi connectivity index (χ0n) is 5.43. The fourth-order valence-corrected chi connectivity index (χ4v) is 0.867. The Balaban J connectivity index is 3.07. The molecule has 0 aliphatic heterocycles. The molecule has 0 saturated heterocycles. The van der Waals surface area contributed by atoms with E-state index in [4.69, 9.17) is 16.7 Å². The standard InChI is InChI=1S/C6H7ClN2O/c1-8-6-5(7)2-4(10)3-9-6/h2-3,10H,1H3,(H,8,9). The molecule has 0 bridgehead atoms. The summed E-state index contributed by atoms with van der Waals surface area (Å²) < 4.78 is 0. The highest BCUT2D eigenvalue weighted by atomic mass is 35.5. The first kappa shape index (κ1) is 7.15. The summed E-state index contributed by atoms with van der Waals surface area (Å²) in [6, 6.07) is 1.43. The molecule has 0 spiro atoms. The molecule has 0 saturated carbocycles. The Hall–Kier alpha value is -0.960. The Labute approximate surface area is 63.7 Å². The van der Waals surface area contributed by atoms with Gasteiger partial charge in [0.15, 0.2) is 0 Å². The second kappa shape index (κ2) is 2.75. The lowest BCUT2D eigenvalue weighted by molar-refractivity contribution is 0.473. The molecule has 0 radical (unpaired) electrons. The van der Waals surface area contributed by atoms with E-state index in [1.165, 1.54) is 12.3 Å². The topological polar surface area (TPSA) is 45.2 Å². The van der Waals surface area contributed by atoms with Crippen molar-refractivity contribution in [2.45, 2.75) is 0 Å². The van der Waals surface area contributed by atoms with Crippen LogP contribution in [0, 0.1) is 0 Å². The normalized spacial score (nSPS) is 9.40. The summed E-state index contributed by atoms with van der Waals surface area (Å²) in [5, 5.41) is 12.0. The summed E-state index contributed by atoms with van der Waals surface area (Å²) in [5.41, 5.74) is 0. The lowest BCUT2D eigenvalue weighted by Crippen LogP contribution is -1.91. The van der Waals surface area contributed by atoms with Gasteiger partial charge in [-0.1, -0.05) is 11.6 Å². The SMILES string of the molecule is CNc1ncc(O)cc1Cl. The summed E-state index contributed by atoms with van der Waals surface area (Å²) in [6.45, 7) is 0. The Morgan fingerprint density at radius 2 is 2.40 bits per heavy atom. The van der Waals surface area contributed by atoms with Gasteiger partial charge in [-0.2, -0.15) is 0 Å². The predicted octanol–water partition coefficient (Wildman–Crippen LogP) is 1.48. The van der Waals surface area contributed by atoms with Crippen molar-refractivity contribution in [1.29, 1.82) is 0 Å². The average molecular weight is 159 g/mol. The van der Waals surface area contributed by atoms with Crippen LogP contribution in [0.4, 0.5) is 5.82 Å². The second-order valence-electron chi connectivity index (χ2n) is 1.77. The van der Waals surface area contributed by atoms with Crippen LogP contribution in [0.5, 0.6) is 5.75 Å². The van der Waals surface area contributed by atoms with Crippen LogP contribution in [0.2, 0.25) is 5.02 Å². The monoisotopic (exact) mass is 158 g/mol. The summed E-state index contributed by atoms with van der Waals surface area (Å²) in [6.07, 6.45) is 1.33. The third kappa shape index (κ3) is 1.30. The van der Waals surface area contributed by atoms with Crippen LogP contribution in [-0.4, -0.2) is 17.1 Å². The molecular weight excluding hydrogens is 152 g/mol. The summed E-state index contributed by atoms with van der Waals surface area (Å²) in [7, 11) is 1.71. The Kier molecular flexibility index (Phi) is 1.97. The molecule has 1 aromatic heterocycles. The van der Waals surface area contributed by atoms with Crippen LogP contribution in [0.25, 0.3) is 0 Å². The molecule has 0 amide bonds. The van der Waals surface area contributed by atoms with Crippen molar-refractivity contribution in [1.82, 2.24) is 4.98 Å². The van der Waals surface area contributed by atoms with Gasteiger partial charge in [-0.3, -0.25) is 0 Å². The largest absolute Gasteiger partial charge is 0.506 e. The van der Waals surface area contributed by atoms with E-state index in [9.17, 15) is 0 Å². The number of pyridine rings is 1. The minimum Gasteiger partial charge on any atom is -0.506 e. The van der Waals surface area contributed by atoms with E-state index >= 15 is 0 Å². The fraction of sp³-hybridized carbons (Fsp3) is 0.167. The highest BCUT2D eigenvalue weighted by Crippen LogP contribution is 2.21. The number of aromatic hydroxyl groups is 1. The molecule has 0 aromatic carbocycles. The minimum atomic E-state index is 0.0731. The van der Waals surface area contributed by atoms with Crippen molar-refractivity contribution in [2.75, 3.05) is 12.4 Å². The van der Waals surface area contributed by atoms with Gasteiger partial charge in [-0.25, -0.2) is 4.98 Å². The van der Waals surface area contributed by atoms with E-state index in [2.05, 4.69) is 10.3 Å². The van der Waals surface area contributed by atoms with Crippen molar-refractivity contribution in [3.63, 3.8) is 0 Å². The molecule has 0 unspecified atom stereocenters. The molecule has 54 valence electrons. The number of rotatable bonds is 1. The van der Waals surface area contributed by atoms with Crippen LogP contribution in [-0.2, 0) is 0 Å².